The minimum absolute atomic E-state index is 0.000290. The predicted molar refractivity (Wildman–Crippen MR) is 123 cm³/mol. The fourth-order valence-corrected chi connectivity index (χ4v) is 4.54. The van der Waals surface area contributed by atoms with Crippen molar-refractivity contribution in [2.24, 2.45) is 0 Å². The molecule has 0 unspecified atom stereocenters. The highest BCUT2D eigenvalue weighted by Crippen LogP contribution is 2.40. The smallest absolute Gasteiger partial charge is 0.263 e. The Kier molecular flexibility index (Phi) is 6.51. The number of ether oxygens (including phenoxy) is 2. The van der Waals surface area contributed by atoms with E-state index in [1.807, 2.05) is 32.0 Å². The van der Waals surface area contributed by atoms with Crippen molar-refractivity contribution in [1.29, 1.82) is 5.26 Å². The highest BCUT2D eigenvalue weighted by atomic mass is 32.1. The number of nitrogens with zero attached hydrogens (tertiary/aromatic N) is 2. The molecule has 5 N–H and O–H groups in total. The van der Waals surface area contributed by atoms with Crippen LogP contribution in [0.4, 0.5) is 11.5 Å². The Morgan fingerprint density at radius 3 is 2.58 bits per heavy atom. The van der Waals surface area contributed by atoms with Gasteiger partial charge in [-0.25, -0.2) is 4.98 Å². The first-order chi connectivity index (χ1) is 14.8. The van der Waals surface area contributed by atoms with Crippen LogP contribution in [0, 0.1) is 11.3 Å². The van der Waals surface area contributed by atoms with Crippen LogP contribution in [0.15, 0.2) is 18.2 Å². The van der Waals surface area contributed by atoms with Gasteiger partial charge in [0.15, 0.2) is 11.5 Å². The number of hydrogen-bond acceptors (Lipinski definition) is 8. The number of pyridine rings is 1. The van der Waals surface area contributed by atoms with Gasteiger partial charge in [-0.2, -0.15) is 5.26 Å². The topological polar surface area (TPSA) is 136 Å². The van der Waals surface area contributed by atoms with Gasteiger partial charge in [0.1, 0.15) is 21.6 Å². The lowest BCUT2D eigenvalue weighted by Crippen LogP contribution is -2.25. The van der Waals surface area contributed by atoms with Gasteiger partial charge in [-0.1, -0.05) is 19.9 Å². The van der Waals surface area contributed by atoms with Crippen LogP contribution in [0.3, 0.4) is 0 Å². The number of rotatable bonds is 7. The molecule has 2 aromatic heterocycles. The van der Waals surface area contributed by atoms with Crippen molar-refractivity contribution in [3.63, 3.8) is 0 Å². The van der Waals surface area contributed by atoms with Crippen molar-refractivity contribution in [1.82, 2.24) is 10.3 Å². The molecule has 0 aliphatic heterocycles. The summed E-state index contributed by atoms with van der Waals surface area (Å²) in [6, 6.07) is 7.75. The molecule has 31 heavy (non-hydrogen) atoms. The number of nitriles is 1. The standard InChI is InChI=1S/C22H25N5O3S/c1-11(2)16-13(10-23)20(25)27-22-17(16)18(24)19(31-22)21(28)26-8-7-12-5-6-14(29-3)15(9-12)30-4/h5-6,9,11H,7-8,24H2,1-4H3,(H2,25,27)(H,26,28). The summed E-state index contributed by atoms with van der Waals surface area (Å²) in [4.78, 5) is 18.0. The van der Waals surface area contributed by atoms with E-state index in [4.69, 9.17) is 20.9 Å². The van der Waals surface area contributed by atoms with Crippen molar-refractivity contribution in [2.45, 2.75) is 26.2 Å². The van der Waals surface area contributed by atoms with Crippen LogP contribution in [0.5, 0.6) is 11.5 Å². The van der Waals surface area contributed by atoms with Crippen molar-refractivity contribution in [3.05, 3.63) is 39.8 Å². The Balaban J connectivity index is 1.83. The Bertz CT molecular complexity index is 1180. The summed E-state index contributed by atoms with van der Waals surface area (Å²) in [5, 5.41) is 13.0. The Labute approximate surface area is 184 Å². The van der Waals surface area contributed by atoms with Crippen molar-refractivity contribution in [2.75, 3.05) is 32.2 Å². The van der Waals surface area contributed by atoms with Gasteiger partial charge in [-0.05, 0) is 35.6 Å². The number of aromatic nitrogens is 1. The molecule has 2 heterocycles. The van der Waals surface area contributed by atoms with Crippen LogP contribution < -0.4 is 26.3 Å². The van der Waals surface area contributed by atoms with Crippen molar-refractivity contribution < 1.29 is 14.3 Å². The van der Waals surface area contributed by atoms with E-state index in [1.165, 1.54) is 11.3 Å². The van der Waals surface area contributed by atoms with Crippen LogP contribution in [-0.2, 0) is 6.42 Å². The molecule has 0 radical (unpaired) electrons. The summed E-state index contributed by atoms with van der Waals surface area (Å²) < 4.78 is 10.6. The van der Waals surface area contributed by atoms with Gasteiger partial charge in [0.2, 0.25) is 0 Å². The number of carbonyl (C=O) groups is 1. The molecule has 0 fully saturated rings. The second kappa shape index (κ2) is 9.10. The number of anilines is 2. The van der Waals surface area contributed by atoms with Gasteiger partial charge in [-0.3, -0.25) is 4.79 Å². The summed E-state index contributed by atoms with van der Waals surface area (Å²) >= 11 is 1.18. The van der Waals surface area contributed by atoms with Crippen molar-refractivity contribution in [3.8, 4) is 17.6 Å². The second-order valence-corrected chi connectivity index (χ2v) is 8.27. The van der Waals surface area contributed by atoms with Crippen LogP contribution in [0.1, 0.15) is 46.1 Å². The highest BCUT2D eigenvalue weighted by Gasteiger charge is 2.24. The lowest BCUT2D eigenvalue weighted by atomic mass is 9.95. The molecule has 1 amide bonds. The molecule has 1 aromatic carbocycles. The second-order valence-electron chi connectivity index (χ2n) is 7.27. The van der Waals surface area contributed by atoms with Crippen LogP contribution in [-0.4, -0.2) is 31.7 Å². The molecule has 0 saturated carbocycles. The zero-order chi connectivity index (χ0) is 22.7. The van der Waals surface area contributed by atoms with E-state index < -0.39 is 0 Å². The van der Waals surface area contributed by atoms with E-state index in [1.54, 1.807) is 14.2 Å². The average molecular weight is 440 g/mol. The summed E-state index contributed by atoms with van der Waals surface area (Å²) in [6.45, 7) is 4.32. The minimum Gasteiger partial charge on any atom is -0.493 e. The lowest BCUT2D eigenvalue weighted by molar-refractivity contribution is 0.0959. The molecule has 0 saturated heterocycles. The van der Waals surface area contributed by atoms with Gasteiger partial charge in [0, 0.05) is 11.9 Å². The minimum atomic E-state index is -0.284. The molecule has 3 rings (SSSR count). The number of benzene rings is 1. The number of hydrogen-bond donors (Lipinski definition) is 3. The fraction of sp³-hybridized carbons (Fsp3) is 0.318. The number of thiophene rings is 1. The number of fused-ring (bicyclic) bond motifs is 1. The third kappa shape index (κ3) is 4.20. The average Bonchev–Trinajstić information content (AvgIpc) is 3.08. The first kappa shape index (κ1) is 22.2. The van der Waals surface area contributed by atoms with Crippen LogP contribution in [0.2, 0.25) is 0 Å². The summed E-state index contributed by atoms with van der Waals surface area (Å²) in [5.41, 5.74) is 14.7. The van der Waals surface area contributed by atoms with E-state index in [-0.39, 0.29) is 17.6 Å². The van der Waals surface area contributed by atoms with Gasteiger partial charge in [-0.15, -0.1) is 11.3 Å². The van der Waals surface area contributed by atoms with Gasteiger partial charge in [0.25, 0.3) is 5.91 Å². The van der Waals surface area contributed by atoms with Crippen molar-refractivity contribution >= 4 is 39.0 Å². The molecular weight excluding hydrogens is 414 g/mol. The Morgan fingerprint density at radius 1 is 1.26 bits per heavy atom. The first-order valence-corrected chi connectivity index (χ1v) is 10.5. The number of amides is 1. The number of nitrogen functional groups attached to an aromatic ring is 2. The number of nitrogens with one attached hydrogen (secondary N) is 1. The maximum Gasteiger partial charge on any atom is 0.263 e. The van der Waals surface area contributed by atoms with E-state index in [9.17, 15) is 10.1 Å². The number of methoxy groups -OCH3 is 2. The monoisotopic (exact) mass is 439 g/mol. The molecule has 162 valence electrons. The van der Waals surface area contributed by atoms with Gasteiger partial charge in [0.05, 0.1) is 25.5 Å². The largest absolute Gasteiger partial charge is 0.493 e. The predicted octanol–water partition coefficient (Wildman–Crippen LogP) is 3.45. The maximum atomic E-state index is 12.8. The van der Waals surface area contributed by atoms with Crippen LogP contribution >= 0.6 is 11.3 Å². The number of carbonyl (C=O) groups excluding carboxylic acids is 1. The quantitative estimate of drug-likeness (QED) is 0.513. The van der Waals surface area contributed by atoms with Gasteiger partial charge < -0.3 is 26.3 Å². The molecule has 9 heteroatoms. The highest BCUT2D eigenvalue weighted by molar-refractivity contribution is 7.21. The van der Waals surface area contributed by atoms with Crippen LogP contribution in [0.25, 0.3) is 10.2 Å². The summed E-state index contributed by atoms with van der Waals surface area (Å²) in [5.74, 6) is 1.16. The third-order valence-electron chi connectivity index (χ3n) is 4.99. The van der Waals surface area contributed by atoms with Gasteiger partial charge >= 0.3 is 0 Å². The molecule has 3 aromatic rings. The number of nitrogens with two attached hydrogens (primary N) is 2. The molecular formula is C22H25N5O3S. The Hall–Kier alpha value is -3.51. The fourth-order valence-electron chi connectivity index (χ4n) is 3.50. The zero-order valence-corrected chi connectivity index (χ0v) is 18.7. The summed E-state index contributed by atoms with van der Waals surface area (Å²) in [6.07, 6.45) is 0.609. The lowest BCUT2D eigenvalue weighted by Gasteiger charge is -2.12. The molecule has 8 nitrogen and oxygen atoms in total. The molecule has 0 bridgehead atoms. The van der Waals surface area contributed by atoms with E-state index in [0.717, 1.165) is 11.1 Å². The molecule has 0 atom stereocenters. The molecule has 0 spiro atoms. The Morgan fingerprint density at radius 2 is 1.97 bits per heavy atom. The molecule has 0 aliphatic carbocycles. The maximum absolute atomic E-state index is 12.8. The molecule has 0 aliphatic rings. The SMILES string of the molecule is COc1ccc(CCNC(=O)c2sc3nc(N)c(C#N)c(C(C)C)c3c2N)cc1OC. The van der Waals surface area contributed by atoms with E-state index >= 15 is 0 Å². The van der Waals surface area contributed by atoms with E-state index in [2.05, 4.69) is 16.4 Å². The first-order valence-electron chi connectivity index (χ1n) is 9.72. The zero-order valence-electron chi connectivity index (χ0n) is 17.9. The summed E-state index contributed by atoms with van der Waals surface area (Å²) in [7, 11) is 3.16. The normalized spacial score (nSPS) is 10.8. The van der Waals surface area contributed by atoms with E-state index in [0.29, 0.717) is 50.8 Å². The third-order valence-corrected chi connectivity index (χ3v) is 6.08.